The van der Waals surface area contributed by atoms with E-state index in [-0.39, 0.29) is 24.3 Å². The van der Waals surface area contributed by atoms with Crippen molar-refractivity contribution in [2.75, 3.05) is 18.4 Å². The Kier molecular flexibility index (Phi) is 6.30. The van der Waals surface area contributed by atoms with Crippen LogP contribution in [0.15, 0.2) is 18.3 Å². The van der Waals surface area contributed by atoms with Gasteiger partial charge in [0.2, 0.25) is 17.7 Å². The van der Waals surface area contributed by atoms with Crippen molar-refractivity contribution in [2.45, 2.75) is 57.4 Å². The summed E-state index contributed by atoms with van der Waals surface area (Å²) in [4.78, 5) is 41.2. The molecule has 0 bridgehead atoms. The molecule has 1 saturated heterocycles. The van der Waals surface area contributed by atoms with Crippen LogP contribution in [0.5, 0.6) is 0 Å². The van der Waals surface area contributed by atoms with Gasteiger partial charge in [0.15, 0.2) is 0 Å². The molecule has 2 aliphatic rings. The topological polar surface area (TPSA) is 91.4 Å². The Balaban J connectivity index is 1.69. The first-order valence-corrected chi connectivity index (χ1v) is 9.81. The van der Waals surface area contributed by atoms with Gasteiger partial charge in [-0.15, -0.1) is 0 Å². The van der Waals surface area contributed by atoms with E-state index in [1.165, 1.54) is 6.92 Å². The highest BCUT2D eigenvalue weighted by Gasteiger charge is 2.33. The van der Waals surface area contributed by atoms with Crippen LogP contribution in [0.1, 0.15) is 57.4 Å². The number of hydrogen-bond donors (Lipinski definition) is 2. The molecule has 7 heteroatoms. The van der Waals surface area contributed by atoms with Gasteiger partial charge in [0.1, 0.15) is 11.4 Å². The molecule has 0 unspecified atom stereocenters. The molecule has 0 spiro atoms. The lowest BCUT2D eigenvalue weighted by Gasteiger charge is -2.34. The van der Waals surface area contributed by atoms with Gasteiger partial charge >= 0.3 is 0 Å². The van der Waals surface area contributed by atoms with Gasteiger partial charge in [-0.1, -0.05) is 31.1 Å². The minimum absolute atomic E-state index is 0.0456. The zero-order chi connectivity index (χ0) is 20.0. The second-order valence-electron chi connectivity index (χ2n) is 7.47. The highest BCUT2D eigenvalue weighted by Crippen LogP contribution is 2.28. The van der Waals surface area contributed by atoms with Gasteiger partial charge < -0.3 is 15.5 Å². The Morgan fingerprint density at radius 1 is 1.21 bits per heavy atom. The van der Waals surface area contributed by atoms with Gasteiger partial charge in [0, 0.05) is 31.6 Å². The molecule has 3 amide bonds. The van der Waals surface area contributed by atoms with Gasteiger partial charge in [0.25, 0.3) is 0 Å². The SMILES string of the molecule is CC(=O)Nc1ccc(C#CC2(NC(=O)CN3CCCC3=O)CCCCC2)cn1. The summed E-state index contributed by atoms with van der Waals surface area (Å²) in [6.45, 7) is 2.19. The van der Waals surface area contributed by atoms with Crippen LogP contribution < -0.4 is 10.6 Å². The molecule has 0 aromatic carbocycles. The van der Waals surface area contributed by atoms with Crippen molar-refractivity contribution in [1.82, 2.24) is 15.2 Å². The number of nitrogens with one attached hydrogen (secondary N) is 2. The van der Waals surface area contributed by atoms with Crippen molar-refractivity contribution in [2.24, 2.45) is 0 Å². The second kappa shape index (κ2) is 8.87. The van der Waals surface area contributed by atoms with Crippen LogP contribution in [-0.4, -0.2) is 46.2 Å². The van der Waals surface area contributed by atoms with E-state index >= 15 is 0 Å². The predicted octanol–water partition coefficient (Wildman–Crippen LogP) is 1.83. The lowest BCUT2D eigenvalue weighted by molar-refractivity contribution is -0.133. The molecular weight excluding hydrogens is 356 g/mol. The number of hydrogen-bond acceptors (Lipinski definition) is 4. The van der Waals surface area contributed by atoms with Crippen molar-refractivity contribution >= 4 is 23.5 Å². The highest BCUT2D eigenvalue weighted by molar-refractivity contribution is 5.87. The van der Waals surface area contributed by atoms with Crippen LogP contribution in [0, 0.1) is 11.8 Å². The van der Waals surface area contributed by atoms with Crippen molar-refractivity contribution < 1.29 is 14.4 Å². The summed E-state index contributed by atoms with van der Waals surface area (Å²) in [5.41, 5.74) is 0.164. The van der Waals surface area contributed by atoms with E-state index < -0.39 is 5.54 Å². The molecule has 1 aromatic rings. The molecule has 1 aromatic heterocycles. The number of rotatable bonds is 4. The quantitative estimate of drug-likeness (QED) is 0.778. The fourth-order valence-electron chi connectivity index (χ4n) is 3.70. The molecule has 2 N–H and O–H groups in total. The van der Waals surface area contributed by atoms with Crippen LogP contribution >= 0.6 is 0 Å². The van der Waals surface area contributed by atoms with Crippen LogP contribution in [0.3, 0.4) is 0 Å². The maximum absolute atomic E-state index is 12.6. The predicted molar refractivity (Wildman–Crippen MR) is 105 cm³/mol. The number of likely N-dealkylation sites (tertiary alicyclic amines) is 1. The third-order valence-electron chi connectivity index (χ3n) is 5.11. The first kappa shape index (κ1) is 19.9. The molecule has 2 heterocycles. The number of pyridine rings is 1. The summed E-state index contributed by atoms with van der Waals surface area (Å²) in [5.74, 6) is 6.59. The highest BCUT2D eigenvalue weighted by atomic mass is 16.2. The van der Waals surface area contributed by atoms with E-state index in [1.807, 2.05) is 0 Å². The Labute approximate surface area is 165 Å². The zero-order valence-corrected chi connectivity index (χ0v) is 16.2. The number of carbonyl (C=O) groups excluding carboxylic acids is 3. The summed E-state index contributed by atoms with van der Waals surface area (Å²) in [6, 6.07) is 3.50. The molecule has 7 nitrogen and oxygen atoms in total. The average Bonchev–Trinajstić information content (AvgIpc) is 3.06. The van der Waals surface area contributed by atoms with E-state index in [0.29, 0.717) is 18.8 Å². The van der Waals surface area contributed by atoms with Crippen molar-refractivity contribution in [1.29, 1.82) is 0 Å². The molecule has 0 atom stereocenters. The third-order valence-corrected chi connectivity index (χ3v) is 5.11. The average molecular weight is 382 g/mol. The molecular formula is C21H26N4O3. The molecule has 1 saturated carbocycles. The van der Waals surface area contributed by atoms with Crippen LogP contribution in [0.2, 0.25) is 0 Å². The first-order valence-electron chi connectivity index (χ1n) is 9.81. The fraction of sp³-hybridized carbons (Fsp3) is 0.524. The zero-order valence-electron chi connectivity index (χ0n) is 16.2. The third kappa shape index (κ3) is 5.32. The van der Waals surface area contributed by atoms with Gasteiger partial charge in [-0.25, -0.2) is 4.98 Å². The number of anilines is 1. The summed E-state index contributed by atoms with van der Waals surface area (Å²) in [5, 5.41) is 5.73. The number of amides is 3. The van der Waals surface area contributed by atoms with Crippen LogP contribution in [0.25, 0.3) is 0 Å². The second-order valence-corrected chi connectivity index (χ2v) is 7.47. The molecule has 1 aliphatic heterocycles. The van der Waals surface area contributed by atoms with E-state index in [0.717, 1.165) is 44.1 Å². The van der Waals surface area contributed by atoms with Crippen molar-refractivity contribution in [3.63, 3.8) is 0 Å². The van der Waals surface area contributed by atoms with E-state index in [1.54, 1.807) is 23.2 Å². The van der Waals surface area contributed by atoms with Crippen LogP contribution in [0.4, 0.5) is 5.82 Å². The Bertz CT molecular complexity index is 801. The Morgan fingerprint density at radius 2 is 2.00 bits per heavy atom. The maximum atomic E-state index is 12.6. The summed E-state index contributed by atoms with van der Waals surface area (Å²) in [6.07, 6.45) is 7.72. The molecule has 28 heavy (non-hydrogen) atoms. The lowest BCUT2D eigenvalue weighted by Crippen LogP contribution is -2.51. The summed E-state index contributed by atoms with van der Waals surface area (Å²) in [7, 11) is 0. The summed E-state index contributed by atoms with van der Waals surface area (Å²) < 4.78 is 0. The van der Waals surface area contributed by atoms with E-state index in [9.17, 15) is 14.4 Å². The van der Waals surface area contributed by atoms with Gasteiger partial charge in [-0.05, 0) is 31.4 Å². The largest absolute Gasteiger partial charge is 0.338 e. The number of nitrogens with zero attached hydrogens (tertiary/aromatic N) is 2. The lowest BCUT2D eigenvalue weighted by atomic mass is 9.82. The molecule has 0 radical (unpaired) electrons. The van der Waals surface area contributed by atoms with Gasteiger partial charge in [0.05, 0.1) is 6.54 Å². The van der Waals surface area contributed by atoms with Crippen LogP contribution in [-0.2, 0) is 14.4 Å². The van der Waals surface area contributed by atoms with Gasteiger partial charge in [-0.2, -0.15) is 0 Å². The van der Waals surface area contributed by atoms with Crippen molar-refractivity contribution in [3.8, 4) is 11.8 Å². The fourth-order valence-corrected chi connectivity index (χ4v) is 3.70. The standard InChI is InChI=1S/C21H26N4O3/c1-16(26)23-18-8-7-17(14-22-18)9-12-21(10-3-2-4-11-21)24-19(27)15-25-13-5-6-20(25)28/h7-8,14H,2-6,10-11,13,15H2,1H3,(H,24,27)(H,22,23,26). The monoisotopic (exact) mass is 382 g/mol. The smallest absolute Gasteiger partial charge is 0.240 e. The molecule has 1 aliphatic carbocycles. The molecule has 3 rings (SSSR count). The normalized spacial score (nSPS) is 18.2. The first-order chi connectivity index (χ1) is 13.5. The minimum Gasteiger partial charge on any atom is -0.338 e. The molecule has 2 fully saturated rings. The molecule has 148 valence electrons. The minimum atomic E-state index is -0.561. The maximum Gasteiger partial charge on any atom is 0.240 e. The van der Waals surface area contributed by atoms with E-state index in [2.05, 4.69) is 27.5 Å². The van der Waals surface area contributed by atoms with Crippen molar-refractivity contribution in [3.05, 3.63) is 23.9 Å². The Hall–Kier alpha value is -2.88. The summed E-state index contributed by atoms with van der Waals surface area (Å²) >= 11 is 0. The number of aromatic nitrogens is 1. The Morgan fingerprint density at radius 3 is 2.61 bits per heavy atom. The van der Waals surface area contributed by atoms with Gasteiger partial charge in [-0.3, -0.25) is 14.4 Å². The number of carbonyl (C=O) groups is 3. The van der Waals surface area contributed by atoms with E-state index in [4.69, 9.17) is 0 Å².